The first-order valence-corrected chi connectivity index (χ1v) is 9.72. The van der Waals surface area contributed by atoms with Crippen molar-refractivity contribution >= 4 is 8.56 Å². The van der Waals surface area contributed by atoms with Gasteiger partial charge in [-0.15, -0.1) is 0 Å². The van der Waals surface area contributed by atoms with Crippen LogP contribution in [0.15, 0.2) is 0 Å². The summed E-state index contributed by atoms with van der Waals surface area (Å²) in [7, 11) is -2.13. The summed E-state index contributed by atoms with van der Waals surface area (Å²) in [5.74, 6) is 0.638. The van der Waals surface area contributed by atoms with Gasteiger partial charge in [-0.3, -0.25) is 0 Å². The van der Waals surface area contributed by atoms with Gasteiger partial charge in [0.15, 0.2) is 0 Å². The maximum Gasteiger partial charge on any atom is 0.344 e. The molecule has 3 heteroatoms. The molecule has 0 aliphatic rings. The zero-order chi connectivity index (χ0) is 14.2. The first-order chi connectivity index (χ1) is 8.41. The Morgan fingerprint density at radius 1 is 1.00 bits per heavy atom. The highest BCUT2D eigenvalue weighted by atomic mass is 28.4. The fourth-order valence-electron chi connectivity index (χ4n) is 2.64. The van der Waals surface area contributed by atoms with Crippen LogP contribution in [0.4, 0.5) is 0 Å². The molecule has 0 spiro atoms. The molecule has 0 aliphatic heterocycles. The van der Waals surface area contributed by atoms with E-state index in [0.717, 1.165) is 19.3 Å². The molecular formula is C15H34O2Si. The van der Waals surface area contributed by atoms with Crippen LogP contribution in [0.1, 0.15) is 67.7 Å². The molecule has 0 aromatic heterocycles. The van der Waals surface area contributed by atoms with Crippen molar-refractivity contribution in [3.63, 3.8) is 0 Å². The molecule has 1 atom stereocenters. The van der Waals surface area contributed by atoms with Crippen molar-refractivity contribution in [3.05, 3.63) is 0 Å². The Morgan fingerprint density at radius 3 is 1.83 bits per heavy atom. The van der Waals surface area contributed by atoms with Gasteiger partial charge in [0, 0.05) is 18.3 Å². The van der Waals surface area contributed by atoms with Crippen LogP contribution in [0, 0.1) is 5.92 Å². The molecule has 0 aromatic rings. The van der Waals surface area contributed by atoms with Gasteiger partial charge in [0.1, 0.15) is 0 Å². The van der Waals surface area contributed by atoms with Crippen LogP contribution in [0.5, 0.6) is 0 Å². The third-order valence-corrected chi connectivity index (χ3v) is 9.42. The predicted molar refractivity (Wildman–Crippen MR) is 82.2 cm³/mol. The molecule has 0 radical (unpaired) electrons. The second-order valence-electron chi connectivity index (χ2n) is 5.75. The SMILES string of the molecule is CCCC[Si](OCC)(OCC)C(C)(C)C(C)CC. The molecule has 18 heavy (non-hydrogen) atoms. The van der Waals surface area contributed by atoms with Crippen LogP contribution in [0.25, 0.3) is 0 Å². The highest BCUT2D eigenvalue weighted by Crippen LogP contribution is 2.49. The van der Waals surface area contributed by atoms with E-state index in [-0.39, 0.29) is 5.04 Å². The standard InChI is InChI=1S/C15H34O2Si/c1-8-12-13-18(16-10-3,17-11-4)15(6,7)14(5)9-2/h14H,8-13H2,1-7H3. The summed E-state index contributed by atoms with van der Waals surface area (Å²) in [4.78, 5) is 0. The highest BCUT2D eigenvalue weighted by Gasteiger charge is 2.53. The Bertz CT molecular complexity index is 211. The fraction of sp³-hybridized carbons (Fsp3) is 1.00. The largest absolute Gasteiger partial charge is 0.394 e. The monoisotopic (exact) mass is 274 g/mol. The van der Waals surface area contributed by atoms with Crippen LogP contribution in [-0.4, -0.2) is 21.8 Å². The van der Waals surface area contributed by atoms with E-state index >= 15 is 0 Å². The van der Waals surface area contributed by atoms with E-state index in [2.05, 4.69) is 48.5 Å². The average Bonchev–Trinajstić information content (AvgIpc) is 2.35. The van der Waals surface area contributed by atoms with Gasteiger partial charge in [-0.25, -0.2) is 0 Å². The molecule has 0 rings (SSSR count). The molecule has 1 unspecified atom stereocenters. The Kier molecular flexibility index (Phi) is 8.40. The van der Waals surface area contributed by atoms with E-state index in [0.29, 0.717) is 5.92 Å². The topological polar surface area (TPSA) is 18.5 Å². The highest BCUT2D eigenvalue weighted by molar-refractivity contribution is 6.70. The summed E-state index contributed by atoms with van der Waals surface area (Å²) in [5.41, 5.74) is 0. The van der Waals surface area contributed by atoms with E-state index in [1.54, 1.807) is 0 Å². The molecule has 0 bridgehead atoms. The molecule has 0 N–H and O–H groups in total. The molecule has 0 saturated heterocycles. The van der Waals surface area contributed by atoms with E-state index in [4.69, 9.17) is 8.85 Å². The Morgan fingerprint density at radius 2 is 1.50 bits per heavy atom. The van der Waals surface area contributed by atoms with Crippen LogP contribution in [-0.2, 0) is 8.85 Å². The van der Waals surface area contributed by atoms with Gasteiger partial charge in [-0.2, -0.15) is 0 Å². The number of rotatable bonds is 10. The smallest absolute Gasteiger partial charge is 0.344 e. The average molecular weight is 275 g/mol. The molecule has 0 aromatic carbocycles. The third kappa shape index (κ3) is 4.07. The van der Waals surface area contributed by atoms with Gasteiger partial charge >= 0.3 is 8.56 Å². The first kappa shape index (κ1) is 18.1. The molecule has 0 heterocycles. The molecule has 0 amide bonds. The van der Waals surface area contributed by atoms with Gasteiger partial charge < -0.3 is 8.85 Å². The normalized spacial score (nSPS) is 14.8. The molecular weight excluding hydrogens is 240 g/mol. The second kappa shape index (κ2) is 8.34. The van der Waals surface area contributed by atoms with E-state index < -0.39 is 8.56 Å². The van der Waals surface area contributed by atoms with Gasteiger partial charge in [-0.05, 0) is 25.8 Å². The van der Waals surface area contributed by atoms with Crippen LogP contribution < -0.4 is 0 Å². The zero-order valence-electron chi connectivity index (χ0n) is 13.6. The minimum Gasteiger partial charge on any atom is -0.394 e. The fourth-order valence-corrected chi connectivity index (χ4v) is 7.11. The lowest BCUT2D eigenvalue weighted by molar-refractivity contribution is 0.140. The number of hydrogen-bond acceptors (Lipinski definition) is 2. The van der Waals surface area contributed by atoms with Crippen molar-refractivity contribution in [2.75, 3.05) is 13.2 Å². The van der Waals surface area contributed by atoms with Crippen molar-refractivity contribution < 1.29 is 8.85 Å². The van der Waals surface area contributed by atoms with Crippen molar-refractivity contribution in [2.24, 2.45) is 5.92 Å². The summed E-state index contributed by atoms with van der Waals surface area (Å²) in [6.07, 6.45) is 3.62. The molecule has 0 saturated carbocycles. The Labute approximate surface area is 116 Å². The Balaban J connectivity index is 5.22. The van der Waals surface area contributed by atoms with Crippen molar-refractivity contribution in [1.29, 1.82) is 0 Å². The maximum absolute atomic E-state index is 6.28. The van der Waals surface area contributed by atoms with Gasteiger partial charge in [0.05, 0.1) is 0 Å². The molecule has 0 fully saturated rings. The predicted octanol–water partition coefficient (Wildman–Crippen LogP) is 5.13. The van der Waals surface area contributed by atoms with E-state index in [9.17, 15) is 0 Å². The minimum atomic E-state index is -2.13. The second-order valence-corrected chi connectivity index (χ2v) is 9.63. The summed E-state index contributed by atoms with van der Waals surface area (Å²) in [6.45, 7) is 17.3. The van der Waals surface area contributed by atoms with Crippen LogP contribution in [0.2, 0.25) is 11.1 Å². The van der Waals surface area contributed by atoms with Crippen LogP contribution in [0.3, 0.4) is 0 Å². The van der Waals surface area contributed by atoms with Crippen LogP contribution >= 0.6 is 0 Å². The lowest BCUT2D eigenvalue weighted by atomic mass is 9.94. The van der Waals surface area contributed by atoms with Gasteiger partial charge in [-0.1, -0.05) is 53.9 Å². The lowest BCUT2D eigenvalue weighted by Crippen LogP contribution is -2.54. The zero-order valence-corrected chi connectivity index (χ0v) is 14.6. The summed E-state index contributed by atoms with van der Waals surface area (Å²) in [6, 6.07) is 1.13. The van der Waals surface area contributed by atoms with E-state index in [1.165, 1.54) is 19.3 Å². The number of hydrogen-bond donors (Lipinski definition) is 0. The molecule has 2 nitrogen and oxygen atoms in total. The first-order valence-electron chi connectivity index (χ1n) is 7.69. The maximum atomic E-state index is 6.28. The quantitative estimate of drug-likeness (QED) is 0.514. The van der Waals surface area contributed by atoms with Crippen molar-refractivity contribution in [2.45, 2.75) is 78.8 Å². The molecule has 110 valence electrons. The summed E-state index contributed by atoms with van der Waals surface area (Å²) in [5, 5.41) is 0.170. The van der Waals surface area contributed by atoms with Gasteiger partial charge in [0.2, 0.25) is 0 Å². The lowest BCUT2D eigenvalue weighted by Gasteiger charge is -2.46. The van der Waals surface area contributed by atoms with Crippen molar-refractivity contribution in [1.82, 2.24) is 0 Å². The van der Waals surface area contributed by atoms with E-state index in [1.807, 2.05) is 0 Å². The number of unbranched alkanes of at least 4 members (excludes halogenated alkanes) is 1. The minimum absolute atomic E-state index is 0.170. The Hall–Kier alpha value is 0.137. The molecule has 0 aliphatic carbocycles. The van der Waals surface area contributed by atoms with Crippen molar-refractivity contribution in [3.8, 4) is 0 Å². The summed E-state index contributed by atoms with van der Waals surface area (Å²) < 4.78 is 12.6. The summed E-state index contributed by atoms with van der Waals surface area (Å²) >= 11 is 0. The van der Waals surface area contributed by atoms with Gasteiger partial charge in [0.25, 0.3) is 0 Å². The third-order valence-electron chi connectivity index (χ3n) is 4.44.